The first kappa shape index (κ1) is 14.4. The van der Waals surface area contributed by atoms with Crippen molar-refractivity contribution in [1.82, 2.24) is 0 Å². The number of hydrogen-bond acceptors (Lipinski definition) is 3. The molecule has 1 N–H and O–H groups in total. The SMILES string of the molecule is CC12CCC(C(S(=O)(=O)O)C1=O)C2(C)C.I. The largest absolute Gasteiger partial charge is 0.297 e. The monoisotopic (exact) mass is 360 g/mol. The Morgan fingerprint density at radius 3 is 2.06 bits per heavy atom. The van der Waals surface area contributed by atoms with Gasteiger partial charge in [-0.05, 0) is 24.2 Å². The Hall–Kier alpha value is 0.310. The van der Waals surface area contributed by atoms with E-state index in [0.29, 0.717) is 6.42 Å². The average Bonchev–Trinajstić information content (AvgIpc) is 2.33. The topological polar surface area (TPSA) is 71.4 Å². The zero-order valence-electron chi connectivity index (χ0n) is 9.56. The molecule has 0 radical (unpaired) electrons. The number of carbonyl (C=O) groups excluding carboxylic acids is 1. The molecular weight excluding hydrogens is 343 g/mol. The first-order valence-corrected chi connectivity index (χ1v) is 6.63. The Bertz CT molecular complexity index is 428. The molecule has 0 saturated heterocycles. The lowest BCUT2D eigenvalue weighted by atomic mass is 9.70. The van der Waals surface area contributed by atoms with Crippen LogP contribution in [0.25, 0.3) is 0 Å². The lowest BCUT2D eigenvalue weighted by Crippen LogP contribution is -2.38. The smallest absolute Gasteiger partial charge is 0.275 e. The van der Waals surface area contributed by atoms with E-state index in [-0.39, 0.29) is 41.1 Å². The van der Waals surface area contributed by atoms with E-state index in [9.17, 15) is 13.2 Å². The van der Waals surface area contributed by atoms with Gasteiger partial charge < -0.3 is 0 Å². The molecule has 3 atom stereocenters. The van der Waals surface area contributed by atoms with Crippen molar-refractivity contribution < 1.29 is 17.8 Å². The maximum Gasteiger partial charge on any atom is 0.275 e. The lowest BCUT2D eigenvalue weighted by Gasteiger charge is -2.32. The molecule has 0 heterocycles. The van der Waals surface area contributed by atoms with Crippen molar-refractivity contribution in [2.75, 3.05) is 0 Å². The van der Waals surface area contributed by atoms with E-state index in [2.05, 4.69) is 0 Å². The number of carbonyl (C=O) groups is 1. The average molecular weight is 360 g/mol. The van der Waals surface area contributed by atoms with Crippen LogP contribution in [-0.4, -0.2) is 24.0 Å². The van der Waals surface area contributed by atoms with Crippen LogP contribution in [0.5, 0.6) is 0 Å². The highest BCUT2D eigenvalue weighted by Gasteiger charge is 2.69. The molecule has 6 heteroatoms. The fraction of sp³-hybridized carbons (Fsp3) is 0.900. The molecule has 2 bridgehead atoms. The number of rotatable bonds is 1. The van der Waals surface area contributed by atoms with Gasteiger partial charge in [0.15, 0.2) is 5.78 Å². The summed E-state index contributed by atoms with van der Waals surface area (Å²) in [6, 6.07) is 0. The van der Waals surface area contributed by atoms with Crippen LogP contribution >= 0.6 is 24.0 Å². The second kappa shape index (κ2) is 3.65. The Kier molecular flexibility index (Phi) is 3.28. The zero-order chi connectivity index (χ0) is 11.6. The summed E-state index contributed by atoms with van der Waals surface area (Å²) in [6.45, 7) is 5.67. The number of ketones is 1. The molecule has 2 aliphatic rings. The Labute approximate surface area is 113 Å². The van der Waals surface area contributed by atoms with Gasteiger partial charge in [-0.25, -0.2) is 0 Å². The van der Waals surface area contributed by atoms with Crippen LogP contribution in [0.2, 0.25) is 0 Å². The molecule has 2 aliphatic carbocycles. The minimum Gasteiger partial charge on any atom is -0.297 e. The molecule has 0 aromatic heterocycles. The van der Waals surface area contributed by atoms with Crippen LogP contribution in [0.3, 0.4) is 0 Å². The quantitative estimate of drug-likeness (QED) is 0.573. The van der Waals surface area contributed by atoms with E-state index in [1.54, 1.807) is 0 Å². The molecular formula is C10H17IO4S. The van der Waals surface area contributed by atoms with Gasteiger partial charge >= 0.3 is 0 Å². The van der Waals surface area contributed by atoms with Crippen LogP contribution in [-0.2, 0) is 14.9 Å². The minimum atomic E-state index is -4.24. The van der Waals surface area contributed by atoms with Gasteiger partial charge in [-0.2, -0.15) is 8.42 Å². The molecule has 94 valence electrons. The van der Waals surface area contributed by atoms with E-state index in [4.69, 9.17) is 4.55 Å². The van der Waals surface area contributed by atoms with Gasteiger partial charge in [0, 0.05) is 5.41 Å². The van der Waals surface area contributed by atoms with E-state index >= 15 is 0 Å². The lowest BCUT2D eigenvalue weighted by molar-refractivity contribution is -0.128. The maximum atomic E-state index is 12.0. The first-order chi connectivity index (χ1) is 6.62. The predicted octanol–water partition coefficient (Wildman–Crippen LogP) is 1.89. The van der Waals surface area contributed by atoms with Crippen LogP contribution < -0.4 is 0 Å². The number of fused-ring (bicyclic) bond motifs is 2. The summed E-state index contributed by atoms with van der Waals surface area (Å²) >= 11 is 0. The Morgan fingerprint density at radius 1 is 1.31 bits per heavy atom. The van der Waals surface area contributed by atoms with Crippen molar-refractivity contribution in [3.8, 4) is 0 Å². The zero-order valence-corrected chi connectivity index (χ0v) is 12.7. The molecule has 2 saturated carbocycles. The molecule has 0 aliphatic heterocycles. The molecule has 2 fully saturated rings. The fourth-order valence-electron chi connectivity index (χ4n) is 3.35. The van der Waals surface area contributed by atoms with Gasteiger partial charge in [-0.1, -0.05) is 20.8 Å². The third-order valence-corrected chi connectivity index (χ3v) is 5.98. The number of halogens is 1. The van der Waals surface area contributed by atoms with Gasteiger partial charge in [0.2, 0.25) is 0 Å². The standard InChI is InChI=1S/C10H16O4S.HI/c1-9(2)6-4-5-10(9,3)8(11)7(6)15(12,13)14;/h6-7H,4-5H2,1-3H3,(H,12,13,14);1H. The fourth-order valence-corrected chi connectivity index (χ4v) is 4.77. The van der Waals surface area contributed by atoms with Crippen molar-refractivity contribution in [2.45, 2.75) is 38.9 Å². The van der Waals surface area contributed by atoms with Crippen LogP contribution in [0, 0.1) is 16.7 Å². The van der Waals surface area contributed by atoms with Crippen molar-refractivity contribution in [1.29, 1.82) is 0 Å². The second-order valence-corrected chi connectivity index (χ2v) is 7.04. The van der Waals surface area contributed by atoms with Crippen LogP contribution in [0.15, 0.2) is 0 Å². The molecule has 16 heavy (non-hydrogen) atoms. The van der Waals surface area contributed by atoms with Crippen molar-refractivity contribution in [3.63, 3.8) is 0 Å². The Balaban J connectivity index is 0.00000128. The number of Topliss-reactive ketones (excluding diaryl/α,β-unsaturated/α-hetero) is 1. The van der Waals surface area contributed by atoms with Gasteiger partial charge in [0.1, 0.15) is 5.25 Å². The molecule has 2 rings (SSSR count). The molecule has 0 aromatic rings. The molecule has 0 aromatic carbocycles. The van der Waals surface area contributed by atoms with E-state index in [0.717, 1.165) is 6.42 Å². The van der Waals surface area contributed by atoms with Crippen molar-refractivity contribution in [2.24, 2.45) is 16.7 Å². The summed E-state index contributed by atoms with van der Waals surface area (Å²) in [7, 11) is -4.24. The third kappa shape index (κ3) is 1.49. The highest BCUT2D eigenvalue weighted by molar-refractivity contribution is 14.0. The highest BCUT2D eigenvalue weighted by atomic mass is 127. The Morgan fingerprint density at radius 2 is 1.81 bits per heavy atom. The third-order valence-electron chi connectivity index (χ3n) is 4.79. The van der Waals surface area contributed by atoms with E-state index in [1.807, 2.05) is 20.8 Å². The molecule has 0 spiro atoms. The van der Waals surface area contributed by atoms with Gasteiger partial charge in [0.25, 0.3) is 10.1 Å². The summed E-state index contributed by atoms with van der Waals surface area (Å²) in [6.07, 6.45) is 1.44. The summed E-state index contributed by atoms with van der Waals surface area (Å²) in [5.41, 5.74) is -0.914. The predicted molar refractivity (Wildman–Crippen MR) is 70.4 cm³/mol. The summed E-state index contributed by atoms with van der Waals surface area (Å²) < 4.78 is 31.5. The summed E-state index contributed by atoms with van der Waals surface area (Å²) in [5, 5.41) is -1.19. The number of hydrogen-bond donors (Lipinski definition) is 1. The maximum absolute atomic E-state index is 12.0. The van der Waals surface area contributed by atoms with Crippen molar-refractivity contribution >= 4 is 39.9 Å². The first-order valence-electron chi connectivity index (χ1n) is 5.13. The van der Waals surface area contributed by atoms with Crippen LogP contribution in [0.1, 0.15) is 33.6 Å². The van der Waals surface area contributed by atoms with Crippen LogP contribution in [0.4, 0.5) is 0 Å². The molecule has 4 nitrogen and oxygen atoms in total. The minimum absolute atomic E-state index is 0. The normalized spacial score (nSPS) is 40.9. The van der Waals surface area contributed by atoms with Crippen molar-refractivity contribution in [3.05, 3.63) is 0 Å². The van der Waals surface area contributed by atoms with E-state index < -0.39 is 20.8 Å². The molecule has 3 unspecified atom stereocenters. The second-order valence-electron chi connectivity index (χ2n) is 5.50. The van der Waals surface area contributed by atoms with Gasteiger partial charge in [-0.3, -0.25) is 9.35 Å². The summed E-state index contributed by atoms with van der Waals surface area (Å²) in [4.78, 5) is 12.0. The van der Waals surface area contributed by atoms with Gasteiger partial charge in [-0.15, -0.1) is 24.0 Å². The summed E-state index contributed by atoms with van der Waals surface area (Å²) in [5.74, 6) is -0.531. The van der Waals surface area contributed by atoms with E-state index in [1.165, 1.54) is 0 Å². The van der Waals surface area contributed by atoms with Gasteiger partial charge in [0.05, 0.1) is 0 Å². The molecule has 0 amide bonds. The highest BCUT2D eigenvalue weighted by Crippen LogP contribution is 2.64.